The number of Topliss-reactive ketones (excluding diaryl/α,β-unsaturated/α-hetero) is 1. The van der Waals surface area contributed by atoms with Crippen molar-refractivity contribution < 1.29 is 14.7 Å². The molecule has 1 aromatic rings. The molecular weight excluding hydrogens is 508 g/mol. The monoisotopic (exact) mass is 560 g/mol. The number of rotatable bonds is 3. The number of carbonyl (C=O) groups is 2. The van der Waals surface area contributed by atoms with E-state index in [-0.39, 0.29) is 45.0 Å². The predicted molar refractivity (Wildman–Crippen MR) is 162 cm³/mol. The lowest BCUT2D eigenvalue weighted by Gasteiger charge is -2.70. The van der Waals surface area contributed by atoms with E-state index in [2.05, 4.69) is 58.8 Å². The molecule has 0 bridgehead atoms. The number of fused-ring (bicyclic) bond motifs is 6. The smallest absolute Gasteiger partial charge is 0.226 e. The molecule has 1 unspecified atom stereocenters. The molecular formula is C36H52N2O3. The fraction of sp³-hybridized carbons (Fsp3) is 0.750. The summed E-state index contributed by atoms with van der Waals surface area (Å²) in [5, 5.41) is 14.2. The second kappa shape index (κ2) is 9.24. The molecule has 4 fully saturated rings. The minimum absolute atomic E-state index is 0.0240. The van der Waals surface area contributed by atoms with Gasteiger partial charge < -0.3 is 10.4 Å². The number of carbonyl (C=O) groups excluding carboxylic acids is 2. The summed E-state index contributed by atoms with van der Waals surface area (Å²) in [6.45, 7) is 16.8. The summed E-state index contributed by atoms with van der Waals surface area (Å²) in [4.78, 5) is 32.6. The van der Waals surface area contributed by atoms with E-state index >= 15 is 0 Å². The van der Waals surface area contributed by atoms with Gasteiger partial charge in [-0.2, -0.15) is 0 Å². The molecule has 6 rings (SSSR count). The number of aliphatic hydroxyl groups is 1. The Kier molecular flexibility index (Phi) is 6.56. The third kappa shape index (κ3) is 3.99. The maximum absolute atomic E-state index is 14.5. The normalized spacial score (nSPS) is 45.2. The van der Waals surface area contributed by atoms with Crippen molar-refractivity contribution in [3.63, 3.8) is 0 Å². The van der Waals surface area contributed by atoms with Gasteiger partial charge in [0.2, 0.25) is 5.91 Å². The van der Waals surface area contributed by atoms with Gasteiger partial charge in [-0.25, -0.2) is 0 Å². The Morgan fingerprint density at radius 2 is 1.68 bits per heavy atom. The number of allylic oxidation sites excluding steroid dienone is 2. The lowest BCUT2D eigenvalue weighted by atomic mass is 9.34. The van der Waals surface area contributed by atoms with Gasteiger partial charge in [0.05, 0.1) is 23.8 Å². The quantitative estimate of drug-likeness (QED) is 0.384. The van der Waals surface area contributed by atoms with Crippen molar-refractivity contribution in [2.45, 2.75) is 125 Å². The first kappa shape index (κ1) is 29.1. The summed E-state index contributed by atoms with van der Waals surface area (Å²) in [5.74, 6) is 0.903. The number of hydrogen-bond acceptors (Lipinski definition) is 4. The number of pyridine rings is 1. The van der Waals surface area contributed by atoms with Gasteiger partial charge >= 0.3 is 0 Å². The van der Waals surface area contributed by atoms with Crippen LogP contribution in [0.1, 0.15) is 118 Å². The van der Waals surface area contributed by atoms with Crippen LogP contribution >= 0.6 is 0 Å². The third-order valence-electron chi connectivity index (χ3n) is 14.1. The number of aliphatic hydroxyl groups excluding tert-OH is 1. The van der Waals surface area contributed by atoms with Crippen LogP contribution in [0.3, 0.4) is 0 Å². The van der Waals surface area contributed by atoms with Crippen LogP contribution in [0.15, 0.2) is 35.5 Å². The third-order valence-corrected chi connectivity index (χ3v) is 14.1. The van der Waals surface area contributed by atoms with Crippen molar-refractivity contribution in [3.8, 4) is 0 Å². The van der Waals surface area contributed by atoms with E-state index in [4.69, 9.17) is 0 Å². The van der Waals surface area contributed by atoms with Crippen LogP contribution in [-0.2, 0) is 16.1 Å². The lowest BCUT2D eigenvalue weighted by Crippen LogP contribution is -2.66. The van der Waals surface area contributed by atoms with E-state index in [1.165, 1.54) is 11.1 Å². The van der Waals surface area contributed by atoms with E-state index in [0.717, 1.165) is 63.5 Å². The zero-order valence-electron chi connectivity index (χ0n) is 26.5. The van der Waals surface area contributed by atoms with Crippen molar-refractivity contribution in [3.05, 3.63) is 41.2 Å². The number of nitrogens with one attached hydrogen (secondary N) is 1. The second-order valence-corrected chi connectivity index (χ2v) is 16.6. The molecule has 8 atom stereocenters. The van der Waals surface area contributed by atoms with Crippen LogP contribution in [-0.4, -0.2) is 27.9 Å². The molecule has 2 N–H and O–H groups in total. The highest BCUT2D eigenvalue weighted by atomic mass is 16.3. The van der Waals surface area contributed by atoms with Gasteiger partial charge in [-0.15, -0.1) is 0 Å². The summed E-state index contributed by atoms with van der Waals surface area (Å²) in [5.41, 5.74) is 2.86. The highest BCUT2D eigenvalue weighted by Crippen LogP contribution is 2.74. The molecule has 0 aromatic carbocycles. The summed E-state index contributed by atoms with van der Waals surface area (Å²) in [6.07, 6.45) is 10.7. The molecule has 5 heteroatoms. The average molecular weight is 561 g/mol. The summed E-state index contributed by atoms with van der Waals surface area (Å²) < 4.78 is 0. The molecule has 1 heterocycles. The van der Waals surface area contributed by atoms with Crippen molar-refractivity contribution in [1.82, 2.24) is 10.3 Å². The standard InChI is InChI=1S/C36H52N2O3/c1-31(2)27-11-14-36(7)29(34(27,5)13-12-28(31)40)26(39)20-24-25-21-33(4,16-15-32(25,3)17-18-35(24,36)6)30(41)38-22-23-10-8-9-19-37-23/h8-10,19,27-29,40H,11-18,20-22H2,1-7H3,(H,38,41)/t27?,28-,29+,32+,33-,34-,35+,36+/m0/s1. The maximum atomic E-state index is 14.5. The van der Waals surface area contributed by atoms with Gasteiger partial charge in [0.15, 0.2) is 0 Å². The van der Waals surface area contributed by atoms with E-state index in [0.29, 0.717) is 24.7 Å². The number of amides is 1. The number of ketones is 1. The Balaban J connectivity index is 1.36. The molecule has 0 saturated heterocycles. The van der Waals surface area contributed by atoms with E-state index in [1.54, 1.807) is 6.20 Å². The maximum Gasteiger partial charge on any atom is 0.226 e. The van der Waals surface area contributed by atoms with Crippen LogP contribution in [0.4, 0.5) is 0 Å². The molecule has 5 aliphatic carbocycles. The fourth-order valence-corrected chi connectivity index (χ4v) is 11.2. The van der Waals surface area contributed by atoms with Gasteiger partial charge in [0.1, 0.15) is 5.78 Å². The Labute approximate surface area is 247 Å². The predicted octanol–water partition coefficient (Wildman–Crippen LogP) is 7.18. The second-order valence-electron chi connectivity index (χ2n) is 16.6. The van der Waals surface area contributed by atoms with E-state index in [9.17, 15) is 14.7 Å². The van der Waals surface area contributed by atoms with Gasteiger partial charge in [0, 0.05) is 18.5 Å². The van der Waals surface area contributed by atoms with Crippen molar-refractivity contribution in [2.75, 3.05) is 0 Å². The topological polar surface area (TPSA) is 79.3 Å². The number of nitrogens with zero attached hydrogens (tertiary/aromatic N) is 1. The Morgan fingerprint density at radius 3 is 2.39 bits per heavy atom. The van der Waals surface area contributed by atoms with Crippen LogP contribution in [0.2, 0.25) is 0 Å². The first-order valence-corrected chi connectivity index (χ1v) is 16.2. The molecule has 1 aromatic heterocycles. The Morgan fingerprint density at radius 1 is 0.951 bits per heavy atom. The molecule has 224 valence electrons. The highest BCUT2D eigenvalue weighted by molar-refractivity contribution is 5.88. The Bertz CT molecular complexity index is 1290. The van der Waals surface area contributed by atoms with Gasteiger partial charge in [0.25, 0.3) is 0 Å². The first-order valence-electron chi connectivity index (χ1n) is 16.2. The Hall–Kier alpha value is -2.01. The minimum atomic E-state index is -0.483. The summed E-state index contributed by atoms with van der Waals surface area (Å²) in [6, 6.07) is 5.80. The molecule has 0 aliphatic heterocycles. The molecule has 5 aliphatic rings. The van der Waals surface area contributed by atoms with Crippen LogP contribution < -0.4 is 5.32 Å². The first-order chi connectivity index (χ1) is 19.1. The van der Waals surface area contributed by atoms with Gasteiger partial charge in [-0.1, -0.05) is 65.7 Å². The fourth-order valence-electron chi connectivity index (χ4n) is 11.2. The number of hydrogen-bond donors (Lipinski definition) is 2. The zero-order valence-corrected chi connectivity index (χ0v) is 26.5. The van der Waals surface area contributed by atoms with Gasteiger partial charge in [-0.3, -0.25) is 14.6 Å². The average Bonchev–Trinajstić information content (AvgIpc) is 2.92. The molecule has 1 amide bonds. The highest BCUT2D eigenvalue weighted by Gasteiger charge is 2.69. The lowest BCUT2D eigenvalue weighted by molar-refractivity contribution is -0.203. The van der Waals surface area contributed by atoms with Crippen LogP contribution in [0, 0.1) is 44.3 Å². The van der Waals surface area contributed by atoms with E-state index in [1.807, 2.05) is 18.2 Å². The zero-order chi connectivity index (χ0) is 29.6. The van der Waals surface area contributed by atoms with Crippen molar-refractivity contribution in [2.24, 2.45) is 44.3 Å². The van der Waals surface area contributed by atoms with Crippen LogP contribution in [0.25, 0.3) is 0 Å². The molecule has 0 radical (unpaired) electrons. The minimum Gasteiger partial charge on any atom is -0.393 e. The summed E-state index contributed by atoms with van der Waals surface area (Å²) in [7, 11) is 0. The molecule has 5 nitrogen and oxygen atoms in total. The van der Waals surface area contributed by atoms with Crippen molar-refractivity contribution in [1.29, 1.82) is 0 Å². The van der Waals surface area contributed by atoms with Crippen LogP contribution in [0.5, 0.6) is 0 Å². The number of aromatic nitrogens is 1. The van der Waals surface area contributed by atoms with Crippen molar-refractivity contribution >= 4 is 11.7 Å². The molecule has 41 heavy (non-hydrogen) atoms. The van der Waals surface area contributed by atoms with Gasteiger partial charge in [-0.05, 0) is 103 Å². The molecule has 4 saturated carbocycles. The molecule has 0 spiro atoms. The summed E-state index contributed by atoms with van der Waals surface area (Å²) >= 11 is 0. The van der Waals surface area contributed by atoms with E-state index < -0.39 is 5.41 Å². The SMILES string of the molecule is CC1(C)C2CC[C@]3(C)[C@H](C(=O)CC4=C5C[C@@](C)(C(=O)NCc6ccccn6)CC[C@]5(C)CC[C@]43C)[C@@]2(C)CC[C@@H]1O. The largest absolute Gasteiger partial charge is 0.393 e.